The van der Waals surface area contributed by atoms with Crippen LogP contribution in [0.15, 0.2) is 65.6 Å². The molecule has 0 saturated heterocycles. The average molecular weight is 386 g/mol. The third kappa shape index (κ3) is 4.55. The van der Waals surface area contributed by atoms with E-state index >= 15 is 0 Å². The Balaban J connectivity index is 1.71. The summed E-state index contributed by atoms with van der Waals surface area (Å²) in [6.45, 7) is -0.249. The summed E-state index contributed by atoms with van der Waals surface area (Å²) in [6, 6.07) is 17.3. The normalized spacial score (nSPS) is 11.2. The Morgan fingerprint density at radius 1 is 1.04 bits per heavy atom. The molecule has 0 heterocycles. The molecular weight excluding hydrogens is 368 g/mol. The number of benzene rings is 3. The van der Waals surface area contributed by atoms with Crippen molar-refractivity contribution >= 4 is 32.4 Å². The summed E-state index contributed by atoms with van der Waals surface area (Å²) in [6.07, 6.45) is 0. The quantitative estimate of drug-likeness (QED) is 0.677. The molecular formula is C19H18N2O5S. The van der Waals surface area contributed by atoms with Crippen molar-refractivity contribution in [3.8, 4) is 11.5 Å². The van der Waals surface area contributed by atoms with Crippen molar-refractivity contribution < 1.29 is 22.7 Å². The maximum atomic E-state index is 12.2. The van der Waals surface area contributed by atoms with Crippen molar-refractivity contribution in [3.05, 3.63) is 60.7 Å². The molecule has 1 amide bonds. The third-order valence-corrected chi connectivity index (χ3v) is 4.78. The van der Waals surface area contributed by atoms with E-state index in [0.29, 0.717) is 11.5 Å². The number of carbonyl (C=O) groups is 1. The number of amides is 1. The first-order valence-corrected chi connectivity index (χ1v) is 9.54. The lowest BCUT2D eigenvalue weighted by Gasteiger charge is -2.12. The van der Waals surface area contributed by atoms with Crippen LogP contribution in [-0.4, -0.2) is 28.0 Å². The van der Waals surface area contributed by atoms with Crippen molar-refractivity contribution in [2.75, 3.05) is 19.0 Å². The smallest absolute Gasteiger partial charge is 0.262 e. The second-order valence-electron chi connectivity index (χ2n) is 5.75. The number of methoxy groups -OCH3 is 1. The van der Waals surface area contributed by atoms with Crippen LogP contribution in [0.5, 0.6) is 11.5 Å². The summed E-state index contributed by atoms with van der Waals surface area (Å²) in [4.78, 5) is 12.1. The van der Waals surface area contributed by atoms with Gasteiger partial charge in [-0.15, -0.1) is 0 Å². The van der Waals surface area contributed by atoms with Crippen LogP contribution in [0.4, 0.5) is 5.69 Å². The minimum atomic E-state index is -3.90. The molecule has 27 heavy (non-hydrogen) atoms. The number of hydrogen-bond donors (Lipinski definition) is 2. The highest BCUT2D eigenvalue weighted by atomic mass is 32.2. The van der Waals surface area contributed by atoms with E-state index in [0.717, 1.165) is 10.8 Å². The van der Waals surface area contributed by atoms with E-state index in [4.69, 9.17) is 14.6 Å². The second-order valence-corrected chi connectivity index (χ2v) is 7.31. The molecule has 3 rings (SSSR count). The van der Waals surface area contributed by atoms with Crippen LogP contribution in [0.3, 0.4) is 0 Å². The Kier molecular flexibility index (Phi) is 5.29. The molecule has 0 bridgehead atoms. The van der Waals surface area contributed by atoms with Gasteiger partial charge in [-0.3, -0.25) is 4.79 Å². The highest BCUT2D eigenvalue weighted by molar-refractivity contribution is 7.89. The van der Waals surface area contributed by atoms with Gasteiger partial charge in [-0.2, -0.15) is 0 Å². The molecule has 0 radical (unpaired) electrons. The summed E-state index contributed by atoms with van der Waals surface area (Å²) >= 11 is 0. The van der Waals surface area contributed by atoms with Crippen LogP contribution in [-0.2, 0) is 14.8 Å². The summed E-state index contributed by atoms with van der Waals surface area (Å²) in [7, 11) is -2.49. The lowest BCUT2D eigenvalue weighted by atomic mass is 10.1. The van der Waals surface area contributed by atoms with Crippen molar-refractivity contribution in [1.29, 1.82) is 0 Å². The molecule has 0 saturated carbocycles. The topological polar surface area (TPSA) is 108 Å². The molecule has 140 valence electrons. The Morgan fingerprint density at radius 3 is 2.48 bits per heavy atom. The predicted molar refractivity (Wildman–Crippen MR) is 102 cm³/mol. The number of primary sulfonamides is 1. The van der Waals surface area contributed by atoms with Gasteiger partial charge >= 0.3 is 0 Å². The summed E-state index contributed by atoms with van der Waals surface area (Å²) < 4.78 is 33.6. The number of nitrogens with two attached hydrogens (primary N) is 1. The van der Waals surface area contributed by atoms with Crippen molar-refractivity contribution in [2.45, 2.75) is 4.90 Å². The Labute approximate surface area is 156 Å². The van der Waals surface area contributed by atoms with E-state index in [-0.39, 0.29) is 17.2 Å². The van der Waals surface area contributed by atoms with E-state index < -0.39 is 15.9 Å². The van der Waals surface area contributed by atoms with E-state index in [9.17, 15) is 13.2 Å². The maximum absolute atomic E-state index is 12.2. The number of carbonyl (C=O) groups excluding carboxylic acids is 1. The number of ether oxygens (including phenoxy) is 2. The van der Waals surface area contributed by atoms with Gasteiger partial charge in [-0.25, -0.2) is 13.6 Å². The molecule has 0 spiro atoms. The molecule has 0 aliphatic rings. The van der Waals surface area contributed by atoms with Crippen LogP contribution in [0, 0.1) is 0 Å². The third-order valence-electron chi connectivity index (χ3n) is 3.86. The zero-order valence-corrected chi connectivity index (χ0v) is 15.3. The van der Waals surface area contributed by atoms with Crippen molar-refractivity contribution in [1.82, 2.24) is 0 Å². The van der Waals surface area contributed by atoms with Gasteiger partial charge in [0.25, 0.3) is 5.91 Å². The molecule has 0 aliphatic heterocycles. The van der Waals surface area contributed by atoms with E-state index in [1.54, 1.807) is 6.07 Å². The number of anilines is 1. The first-order valence-electron chi connectivity index (χ1n) is 7.99. The molecule has 0 fully saturated rings. The minimum absolute atomic E-state index is 0.131. The minimum Gasteiger partial charge on any atom is -0.495 e. The monoisotopic (exact) mass is 386 g/mol. The fraction of sp³-hybridized carbons (Fsp3) is 0.105. The lowest BCUT2D eigenvalue weighted by Crippen LogP contribution is -2.21. The number of nitrogens with one attached hydrogen (secondary N) is 1. The molecule has 8 heteroatoms. The van der Waals surface area contributed by atoms with Gasteiger partial charge in [0.2, 0.25) is 10.0 Å². The van der Waals surface area contributed by atoms with E-state index in [2.05, 4.69) is 5.32 Å². The van der Waals surface area contributed by atoms with E-state index in [1.165, 1.54) is 25.3 Å². The fourth-order valence-electron chi connectivity index (χ4n) is 2.55. The number of hydrogen-bond acceptors (Lipinski definition) is 5. The van der Waals surface area contributed by atoms with Gasteiger partial charge < -0.3 is 14.8 Å². The molecule has 0 unspecified atom stereocenters. The molecule has 3 aromatic carbocycles. The molecule has 0 aliphatic carbocycles. The van der Waals surface area contributed by atoms with Crippen LogP contribution in [0.25, 0.3) is 10.8 Å². The zero-order valence-electron chi connectivity index (χ0n) is 14.5. The molecule has 7 nitrogen and oxygen atoms in total. The number of rotatable bonds is 6. The second kappa shape index (κ2) is 7.65. The molecule has 3 aromatic rings. The average Bonchev–Trinajstić information content (AvgIpc) is 2.65. The SMILES string of the molecule is COc1ccc(S(N)(=O)=O)cc1NC(=O)COc1ccc2ccccc2c1. The summed E-state index contributed by atoms with van der Waals surface area (Å²) in [5.74, 6) is 0.392. The molecule has 0 aromatic heterocycles. The molecule has 3 N–H and O–H groups in total. The highest BCUT2D eigenvalue weighted by Gasteiger charge is 2.14. The van der Waals surface area contributed by atoms with Gasteiger partial charge in [0.1, 0.15) is 11.5 Å². The number of sulfonamides is 1. The maximum Gasteiger partial charge on any atom is 0.262 e. The van der Waals surface area contributed by atoms with E-state index in [1.807, 2.05) is 36.4 Å². The van der Waals surface area contributed by atoms with Gasteiger partial charge in [0, 0.05) is 0 Å². The highest BCUT2D eigenvalue weighted by Crippen LogP contribution is 2.27. The van der Waals surface area contributed by atoms with Crippen molar-refractivity contribution in [2.24, 2.45) is 5.14 Å². The van der Waals surface area contributed by atoms with Gasteiger partial charge in [-0.05, 0) is 41.1 Å². The standard InChI is InChI=1S/C19H18N2O5S/c1-25-18-9-8-16(27(20,23)24)11-17(18)21-19(22)12-26-15-7-6-13-4-2-3-5-14(13)10-15/h2-11H,12H2,1H3,(H,21,22)(H2,20,23,24). The number of fused-ring (bicyclic) bond motifs is 1. The van der Waals surface area contributed by atoms with Crippen LogP contribution < -0.4 is 19.9 Å². The van der Waals surface area contributed by atoms with Gasteiger partial charge in [0.05, 0.1) is 17.7 Å². The summed E-state index contributed by atoms with van der Waals surface area (Å²) in [5.41, 5.74) is 0.191. The lowest BCUT2D eigenvalue weighted by molar-refractivity contribution is -0.118. The van der Waals surface area contributed by atoms with Crippen LogP contribution in [0.2, 0.25) is 0 Å². The van der Waals surface area contributed by atoms with Gasteiger partial charge in [0.15, 0.2) is 6.61 Å². The molecule has 0 atom stereocenters. The largest absolute Gasteiger partial charge is 0.495 e. The summed E-state index contributed by atoms with van der Waals surface area (Å²) in [5, 5.41) is 9.76. The Hall–Kier alpha value is -3.10. The van der Waals surface area contributed by atoms with Crippen LogP contribution in [0.1, 0.15) is 0 Å². The first-order chi connectivity index (χ1) is 12.9. The Bertz CT molecular complexity index is 1100. The van der Waals surface area contributed by atoms with Crippen molar-refractivity contribution in [3.63, 3.8) is 0 Å². The van der Waals surface area contributed by atoms with Crippen LogP contribution >= 0.6 is 0 Å². The Morgan fingerprint density at radius 2 is 1.78 bits per heavy atom. The predicted octanol–water partition coefficient (Wildman–Crippen LogP) is 2.51. The van der Waals surface area contributed by atoms with Gasteiger partial charge in [-0.1, -0.05) is 30.3 Å². The fourth-order valence-corrected chi connectivity index (χ4v) is 3.09. The zero-order chi connectivity index (χ0) is 19.4. The first kappa shape index (κ1) is 18.7.